The van der Waals surface area contributed by atoms with Crippen molar-refractivity contribution in [1.82, 2.24) is 0 Å². The molecule has 0 aromatic heterocycles. The molecule has 0 unspecified atom stereocenters. The lowest BCUT2D eigenvalue weighted by molar-refractivity contribution is 0.411. The Kier molecular flexibility index (Phi) is 6.92. The summed E-state index contributed by atoms with van der Waals surface area (Å²) in [6.45, 7) is 0. The van der Waals surface area contributed by atoms with Crippen molar-refractivity contribution in [2.24, 2.45) is 0 Å². The van der Waals surface area contributed by atoms with Gasteiger partial charge in [0.15, 0.2) is 0 Å². The monoisotopic (exact) mass is 514 g/mol. The Labute approximate surface area is 234 Å². The van der Waals surface area contributed by atoms with Gasteiger partial charge in [0.25, 0.3) is 0 Å². The number of methoxy groups -OCH3 is 2. The highest BCUT2D eigenvalue weighted by molar-refractivity contribution is 6.10. The van der Waals surface area contributed by atoms with Gasteiger partial charge in [0, 0.05) is 33.4 Å². The van der Waals surface area contributed by atoms with Crippen LogP contribution < -0.4 is 9.47 Å². The molecule has 6 aromatic carbocycles. The minimum Gasteiger partial charge on any atom is -0.496 e. The van der Waals surface area contributed by atoms with E-state index in [9.17, 15) is 0 Å². The number of hydrogen-bond acceptors (Lipinski definition) is 2. The van der Waals surface area contributed by atoms with Gasteiger partial charge in [-0.1, -0.05) is 84.3 Å². The van der Waals surface area contributed by atoms with E-state index in [0.717, 1.165) is 66.4 Å². The number of fused-ring (bicyclic) bond motifs is 2. The molecule has 190 valence electrons. The molecule has 0 bridgehead atoms. The first-order valence-electron chi connectivity index (χ1n) is 13.1. The average molecular weight is 515 g/mol. The molecule has 0 aliphatic carbocycles. The van der Waals surface area contributed by atoms with Crippen LogP contribution >= 0.6 is 0 Å². The highest BCUT2D eigenvalue weighted by Gasteiger charge is 2.19. The van der Waals surface area contributed by atoms with E-state index >= 15 is 0 Å². The minimum absolute atomic E-state index is 0.771. The molecule has 0 atom stereocenters. The maximum absolute atomic E-state index is 5.94. The molecule has 0 spiro atoms. The van der Waals surface area contributed by atoms with Gasteiger partial charge in [-0.05, 0) is 82.2 Å². The number of benzene rings is 6. The van der Waals surface area contributed by atoms with E-state index in [2.05, 4.69) is 72.2 Å². The highest BCUT2D eigenvalue weighted by atomic mass is 16.5. The van der Waals surface area contributed by atoms with Crippen LogP contribution in [0.1, 0.15) is 22.3 Å². The zero-order valence-electron chi connectivity index (χ0n) is 22.4. The predicted octanol–water partition coefficient (Wildman–Crippen LogP) is 8.48. The third kappa shape index (κ3) is 5.00. The Morgan fingerprint density at radius 3 is 1.18 bits per heavy atom. The van der Waals surface area contributed by atoms with Crippen LogP contribution in [-0.4, -0.2) is 14.2 Å². The SMILES string of the molecule is COc1ccc2ccc(C#Cc3ccccc3)cc2c1-c1c(OC)ccc2ccc(C#Cc3ccccc3)cc12. The van der Waals surface area contributed by atoms with Crippen molar-refractivity contribution in [2.75, 3.05) is 14.2 Å². The first-order chi connectivity index (χ1) is 19.7. The molecule has 0 aliphatic heterocycles. The van der Waals surface area contributed by atoms with Crippen LogP contribution in [0.2, 0.25) is 0 Å². The fourth-order valence-corrected chi connectivity index (χ4v) is 4.94. The summed E-state index contributed by atoms with van der Waals surface area (Å²) in [6, 6.07) is 40.9. The van der Waals surface area contributed by atoms with Crippen LogP contribution in [-0.2, 0) is 0 Å². The maximum Gasteiger partial charge on any atom is 0.127 e. The van der Waals surface area contributed by atoms with Gasteiger partial charge in [-0.3, -0.25) is 0 Å². The van der Waals surface area contributed by atoms with Crippen molar-refractivity contribution in [2.45, 2.75) is 0 Å². The molecule has 0 saturated heterocycles. The molecule has 0 amide bonds. The molecule has 0 N–H and O–H groups in total. The molecular weight excluding hydrogens is 488 g/mol. The third-order valence-corrected chi connectivity index (χ3v) is 6.91. The molecule has 0 heterocycles. The van der Waals surface area contributed by atoms with Crippen LogP contribution in [0.15, 0.2) is 121 Å². The van der Waals surface area contributed by atoms with Gasteiger partial charge in [0.05, 0.1) is 14.2 Å². The van der Waals surface area contributed by atoms with Crippen molar-refractivity contribution in [3.63, 3.8) is 0 Å². The zero-order chi connectivity index (χ0) is 27.3. The third-order valence-electron chi connectivity index (χ3n) is 6.91. The molecule has 2 heteroatoms. The van der Waals surface area contributed by atoms with Gasteiger partial charge in [0.1, 0.15) is 11.5 Å². The largest absolute Gasteiger partial charge is 0.496 e. The predicted molar refractivity (Wildman–Crippen MR) is 165 cm³/mol. The lowest BCUT2D eigenvalue weighted by Crippen LogP contribution is -1.95. The second kappa shape index (κ2) is 11.1. The van der Waals surface area contributed by atoms with Crippen LogP contribution in [0.5, 0.6) is 11.5 Å². The molecule has 40 heavy (non-hydrogen) atoms. The van der Waals surface area contributed by atoms with E-state index in [1.54, 1.807) is 14.2 Å². The summed E-state index contributed by atoms with van der Waals surface area (Å²) >= 11 is 0. The summed E-state index contributed by atoms with van der Waals surface area (Å²) in [5.41, 5.74) is 5.76. The molecule has 2 nitrogen and oxygen atoms in total. The van der Waals surface area contributed by atoms with Gasteiger partial charge < -0.3 is 9.47 Å². The topological polar surface area (TPSA) is 18.5 Å². The Bertz CT molecular complexity index is 1820. The van der Waals surface area contributed by atoms with E-state index in [1.165, 1.54) is 0 Å². The average Bonchev–Trinajstić information content (AvgIpc) is 3.02. The lowest BCUT2D eigenvalue weighted by atomic mass is 9.90. The molecule has 6 aromatic rings. The van der Waals surface area contributed by atoms with Crippen molar-refractivity contribution in [3.8, 4) is 46.3 Å². The Morgan fingerprint density at radius 2 is 0.775 bits per heavy atom. The summed E-state index contributed by atoms with van der Waals surface area (Å²) in [6.07, 6.45) is 0. The summed E-state index contributed by atoms with van der Waals surface area (Å²) in [5, 5.41) is 4.29. The van der Waals surface area contributed by atoms with E-state index in [-0.39, 0.29) is 0 Å². The normalized spacial score (nSPS) is 10.3. The quantitative estimate of drug-likeness (QED) is 0.221. The minimum atomic E-state index is 0.771. The van der Waals surface area contributed by atoms with Crippen molar-refractivity contribution >= 4 is 21.5 Å². The smallest absolute Gasteiger partial charge is 0.127 e. The van der Waals surface area contributed by atoms with Crippen LogP contribution in [0.25, 0.3) is 32.7 Å². The Morgan fingerprint density at radius 1 is 0.400 bits per heavy atom. The molecular formula is C38H26O2. The van der Waals surface area contributed by atoms with Crippen molar-refractivity contribution in [3.05, 3.63) is 144 Å². The van der Waals surface area contributed by atoms with Gasteiger partial charge in [-0.25, -0.2) is 0 Å². The number of rotatable bonds is 3. The first-order valence-corrected chi connectivity index (χ1v) is 13.1. The van der Waals surface area contributed by atoms with Crippen molar-refractivity contribution < 1.29 is 9.47 Å². The summed E-state index contributed by atoms with van der Waals surface area (Å²) in [7, 11) is 3.41. The van der Waals surface area contributed by atoms with Crippen molar-refractivity contribution in [1.29, 1.82) is 0 Å². The highest BCUT2D eigenvalue weighted by Crippen LogP contribution is 2.45. The van der Waals surface area contributed by atoms with Gasteiger partial charge >= 0.3 is 0 Å². The van der Waals surface area contributed by atoms with E-state index in [1.807, 2.05) is 72.8 Å². The van der Waals surface area contributed by atoms with E-state index in [0.29, 0.717) is 0 Å². The molecule has 0 radical (unpaired) electrons. The van der Waals surface area contributed by atoms with Gasteiger partial charge in [0.2, 0.25) is 0 Å². The van der Waals surface area contributed by atoms with Gasteiger partial charge in [-0.2, -0.15) is 0 Å². The second-order valence-electron chi connectivity index (χ2n) is 9.39. The van der Waals surface area contributed by atoms with E-state index < -0.39 is 0 Å². The molecule has 0 aliphatic rings. The summed E-state index contributed by atoms with van der Waals surface area (Å²) in [4.78, 5) is 0. The van der Waals surface area contributed by atoms with Crippen LogP contribution in [0, 0.1) is 23.7 Å². The second-order valence-corrected chi connectivity index (χ2v) is 9.39. The Hall–Kier alpha value is -5.44. The fraction of sp³-hybridized carbons (Fsp3) is 0.0526. The van der Waals surface area contributed by atoms with Crippen LogP contribution in [0.3, 0.4) is 0 Å². The standard InChI is InChI=1S/C38H26O2/c1-39-35-23-21-31-19-17-29(15-13-27-9-5-3-6-10-27)25-33(31)37(35)38-34-26-30(16-14-28-11-7-4-8-12-28)18-20-32(34)22-24-36(38)40-2/h3-12,17-26H,1-2H3. The molecule has 0 fully saturated rings. The van der Waals surface area contributed by atoms with Crippen LogP contribution in [0.4, 0.5) is 0 Å². The lowest BCUT2D eigenvalue weighted by Gasteiger charge is -2.18. The molecule has 6 rings (SSSR count). The zero-order valence-corrected chi connectivity index (χ0v) is 22.4. The number of ether oxygens (including phenoxy) is 2. The summed E-state index contributed by atoms with van der Waals surface area (Å²) in [5.74, 6) is 14.8. The fourth-order valence-electron chi connectivity index (χ4n) is 4.94. The number of hydrogen-bond donors (Lipinski definition) is 0. The molecule has 0 saturated carbocycles. The van der Waals surface area contributed by atoms with E-state index in [4.69, 9.17) is 9.47 Å². The Balaban J connectivity index is 1.58. The summed E-state index contributed by atoms with van der Waals surface area (Å²) < 4.78 is 11.9. The van der Waals surface area contributed by atoms with Gasteiger partial charge in [-0.15, -0.1) is 0 Å². The maximum atomic E-state index is 5.94. The first kappa shape index (κ1) is 24.9.